The van der Waals surface area contributed by atoms with Gasteiger partial charge in [0, 0.05) is 12.1 Å². The lowest BCUT2D eigenvalue weighted by molar-refractivity contribution is 0.246. The van der Waals surface area contributed by atoms with Crippen LogP contribution in [-0.2, 0) is 0 Å². The monoisotopic (exact) mass is 279 g/mol. The van der Waals surface area contributed by atoms with Crippen LogP contribution in [-0.4, -0.2) is 12.1 Å². The third-order valence-corrected chi connectivity index (χ3v) is 5.80. The Bertz CT molecular complexity index is 246. The second-order valence-electron chi connectivity index (χ2n) is 8.06. The Hall–Kier alpha value is -0.0400. The van der Waals surface area contributed by atoms with Crippen molar-refractivity contribution in [1.29, 1.82) is 0 Å². The van der Waals surface area contributed by atoms with Gasteiger partial charge in [-0.3, -0.25) is 0 Å². The van der Waals surface area contributed by atoms with Crippen molar-refractivity contribution in [3.8, 4) is 0 Å². The van der Waals surface area contributed by atoms with Crippen molar-refractivity contribution in [3.63, 3.8) is 0 Å². The fourth-order valence-corrected chi connectivity index (χ4v) is 4.25. The Labute approximate surface area is 127 Å². The molecule has 1 nitrogen and oxygen atoms in total. The van der Waals surface area contributed by atoms with Crippen molar-refractivity contribution >= 4 is 0 Å². The van der Waals surface area contributed by atoms with Crippen molar-refractivity contribution in [2.24, 2.45) is 5.41 Å². The Morgan fingerprint density at radius 3 is 1.60 bits per heavy atom. The maximum atomic E-state index is 4.06. The normalized spacial score (nSPS) is 30.6. The fourth-order valence-electron chi connectivity index (χ4n) is 4.25. The van der Waals surface area contributed by atoms with Gasteiger partial charge in [-0.15, -0.1) is 0 Å². The summed E-state index contributed by atoms with van der Waals surface area (Å²) in [6, 6.07) is 1.58. The summed E-state index contributed by atoms with van der Waals surface area (Å²) < 4.78 is 0. The zero-order chi connectivity index (χ0) is 14.3. The molecule has 2 rings (SSSR count). The van der Waals surface area contributed by atoms with Crippen molar-refractivity contribution in [2.45, 2.75) is 116 Å². The minimum absolute atomic E-state index is 0.531. The van der Waals surface area contributed by atoms with E-state index in [2.05, 4.69) is 19.2 Å². The molecule has 118 valence electrons. The van der Waals surface area contributed by atoms with Crippen LogP contribution in [0.1, 0.15) is 104 Å². The molecule has 0 saturated heterocycles. The van der Waals surface area contributed by atoms with Gasteiger partial charge >= 0.3 is 0 Å². The number of hydrogen-bond acceptors (Lipinski definition) is 1. The molecule has 1 heteroatoms. The molecule has 1 atom stereocenters. The van der Waals surface area contributed by atoms with Gasteiger partial charge in [0.05, 0.1) is 0 Å². The van der Waals surface area contributed by atoms with E-state index in [9.17, 15) is 0 Å². The van der Waals surface area contributed by atoms with E-state index in [4.69, 9.17) is 0 Å². The molecular formula is C19H37N. The molecule has 1 N–H and O–H groups in total. The van der Waals surface area contributed by atoms with Gasteiger partial charge in [-0.25, -0.2) is 0 Å². The lowest BCUT2D eigenvalue weighted by atomic mass is 9.86. The summed E-state index contributed by atoms with van der Waals surface area (Å²) in [5, 5.41) is 4.06. The van der Waals surface area contributed by atoms with Crippen LogP contribution in [0.15, 0.2) is 0 Å². The Balaban J connectivity index is 1.79. The van der Waals surface area contributed by atoms with Crippen molar-refractivity contribution < 1.29 is 0 Å². The lowest BCUT2D eigenvalue weighted by Crippen LogP contribution is -2.44. The quantitative estimate of drug-likeness (QED) is 0.670. The van der Waals surface area contributed by atoms with Crippen LogP contribution in [0.2, 0.25) is 0 Å². The second kappa shape index (κ2) is 8.41. The van der Waals surface area contributed by atoms with E-state index in [-0.39, 0.29) is 0 Å². The van der Waals surface area contributed by atoms with Crippen LogP contribution in [0.5, 0.6) is 0 Å². The molecular weight excluding hydrogens is 242 g/mol. The first-order valence-electron chi connectivity index (χ1n) is 9.44. The van der Waals surface area contributed by atoms with Crippen LogP contribution in [0.25, 0.3) is 0 Å². The molecule has 0 amide bonds. The predicted octanol–water partition coefficient (Wildman–Crippen LogP) is 5.83. The Morgan fingerprint density at radius 1 is 0.650 bits per heavy atom. The molecule has 0 bridgehead atoms. The van der Waals surface area contributed by atoms with Gasteiger partial charge in [0.2, 0.25) is 0 Å². The molecule has 2 saturated carbocycles. The van der Waals surface area contributed by atoms with Crippen molar-refractivity contribution in [1.82, 2.24) is 5.32 Å². The average molecular weight is 280 g/mol. The van der Waals surface area contributed by atoms with Crippen LogP contribution in [0, 0.1) is 5.41 Å². The van der Waals surface area contributed by atoms with E-state index in [1.807, 2.05) is 0 Å². The highest BCUT2D eigenvalue weighted by Crippen LogP contribution is 2.37. The summed E-state index contributed by atoms with van der Waals surface area (Å²) in [7, 11) is 0. The van der Waals surface area contributed by atoms with Crippen LogP contribution < -0.4 is 5.32 Å². The third kappa shape index (κ3) is 5.39. The first kappa shape index (κ1) is 16.3. The third-order valence-electron chi connectivity index (χ3n) is 5.80. The minimum atomic E-state index is 0.531. The minimum Gasteiger partial charge on any atom is -0.311 e. The van der Waals surface area contributed by atoms with E-state index in [1.54, 1.807) is 0 Å². The van der Waals surface area contributed by atoms with Crippen molar-refractivity contribution in [3.05, 3.63) is 0 Å². The topological polar surface area (TPSA) is 12.0 Å². The number of nitrogens with one attached hydrogen (secondary N) is 1. The maximum Gasteiger partial charge on any atom is 0.0121 e. The SMILES string of the molecule is CC1(C)CCCC1NC1CCCCCCCCCCC1. The average Bonchev–Trinajstić information content (AvgIpc) is 2.72. The van der Waals surface area contributed by atoms with Gasteiger partial charge in [-0.05, 0) is 31.1 Å². The molecule has 0 heterocycles. The van der Waals surface area contributed by atoms with E-state index >= 15 is 0 Å². The molecule has 0 aliphatic heterocycles. The highest BCUT2D eigenvalue weighted by Gasteiger charge is 2.35. The molecule has 20 heavy (non-hydrogen) atoms. The zero-order valence-electron chi connectivity index (χ0n) is 14.1. The first-order valence-corrected chi connectivity index (χ1v) is 9.44. The predicted molar refractivity (Wildman–Crippen MR) is 89.1 cm³/mol. The van der Waals surface area contributed by atoms with Gasteiger partial charge in [0.15, 0.2) is 0 Å². The van der Waals surface area contributed by atoms with E-state index < -0.39 is 0 Å². The summed E-state index contributed by atoms with van der Waals surface area (Å²) in [6.07, 6.45) is 20.3. The summed E-state index contributed by atoms with van der Waals surface area (Å²) in [5.74, 6) is 0. The summed E-state index contributed by atoms with van der Waals surface area (Å²) >= 11 is 0. The van der Waals surface area contributed by atoms with Gasteiger partial charge in [-0.1, -0.05) is 78.1 Å². The molecule has 0 radical (unpaired) electrons. The summed E-state index contributed by atoms with van der Waals surface area (Å²) in [6.45, 7) is 4.93. The fraction of sp³-hybridized carbons (Fsp3) is 1.00. The number of rotatable bonds is 2. The van der Waals surface area contributed by atoms with Crippen LogP contribution >= 0.6 is 0 Å². The van der Waals surface area contributed by atoms with Gasteiger partial charge < -0.3 is 5.32 Å². The van der Waals surface area contributed by atoms with E-state index in [1.165, 1.54) is 89.9 Å². The van der Waals surface area contributed by atoms with Gasteiger partial charge in [-0.2, -0.15) is 0 Å². The van der Waals surface area contributed by atoms with Crippen LogP contribution in [0.3, 0.4) is 0 Å². The van der Waals surface area contributed by atoms with Crippen molar-refractivity contribution in [2.75, 3.05) is 0 Å². The highest BCUT2D eigenvalue weighted by atomic mass is 15.0. The summed E-state index contributed by atoms with van der Waals surface area (Å²) in [5.41, 5.74) is 0.531. The van der Waals surface area contributed by atoms with Gasteiger partial charge in [0.1, 0.15) is 0 Å². The summed E-state index contributed by atoms with van der Waals surface area (Å²) in [4.78, 5) is 0. The standard InChI is InChI=1S/C19H37N/c1-19(2)16-12-15-18(19)20-17-13-10-8-6-4-3-5-7-9-11-14-17/h17-18,20H,3-16H2,1-2H3. The van der Waals surface area contributed by atoms with E-state index in [0.717, 1.165) is 12.1 Å². The maximum absolute atomic E-state index is 4.06. The smallest absolute Gasteiger partial charge is 0.0121 e. The Morgan fingerprint density at radius 2 is 1.15 bits per heavy atom. The molecule has 0 aromatic heterocycles. The second-order valence-corrected chi connectivity index (χ2v) is 8.06. The largest absolute Gasteiger partial charge is 0.311 e. The molecule has 2 aliphatic rings. The molecule has 0 aromatic carbocycles. The molecule has 2 aliphatic carbocycles. The van der Waals surface area contributed by atoms with Gasteiger partial charge in [0.25, 0.3) is 0 Å². The molecule has 2 fully saturated rings. The highest BCUT2D eigenvalue weighted by molar-refractivity contribution is 4.92. The lowest BCUT2D eigenvalue weighted by Gasteiger charge is -2.32. The first-order chi connectivity index (χ1) is 9.68. The van der Waals surface area contributed by atoms with Crippen LogP contribution in [0.4, 0.5) is 0 Å². The zero-order valence-corrected chi connectivity index (χ0v) is 14.1. The molecule has 1 unspecified atom stereocenters. The number of hydrogen-bond donors (Lipinski definition) is 1. The molecule has 0 aromatic rings. The Kier molecular flexibility index (Phi) is 6.87. The van der Waals surface area contributed by atoms with E-state index in [0.29, 0.717) is 5.41 Å². The molecule has 0 spiro atoms.